The molecule has 3 heteroatoms. The van der Waals surface area contributed by atoms with Crippen LogP contribution in [-0.4, -0.2) is 10.1 Å². The van der Waals surface area contributed by atoms with E-state index in [1.807, 2.05) is 42.5 Å². The predicted octanol–water partition coefficient (Wildman–Crippen LogP) is 2.32. The smallest absolute Gasteiger partial charge is 0.0892 e. The zero-order valence-electron chi connectivity index (χ0n) is 8.22. The first-order valence-corrected chi connectivity index (χ1v) is 4.77. The van der Waals surface area contributed by atoms with Gasteiger partial charge in [-0.2, -0.15) is 0 Å². The van der Waals surface area contributed by atoms with E-state index in [9.17, 15) is 0 Å². The Balaban J connectivity index is 2.24. The van der Waals surface area contributed by atoms with Crippen molar-refractivity contribution in [3.8, 4) is 0 Å². The fourth-order valence-corrected chi connectivity index (χ4v) is 1.35. The first kappa shape index (κ1) is 9.68. The van der Waals surface area contributed by atoms with E-state index in [-0.39, 0.29) is 6.61 Å². The van der Waals surface area contributed by atoms with Crippen molar-refractivity contribution in [1.29, 1.82) is 0 Å². The van der Waals surface area contributed by atoms with E-state index >= 15 is 0 Å². The van der Waals surface area contributed by atoms with E-state index in [0.29, 0.717) is 5.69 Å². The molecule has 0 aliphatic rings. The van der Waals surface area contributed by atoms with E-state index < -0.39 is 0 Å². The molecule has 0 bridgehead atoms. The third-order valence-electron chi connectivity index (χ3n) is 2.09. The van der Waals surface area contributed by atoms with Crippen molar-refractivity contribution in [2.45, 2.75) is 6.61 Å². The molecule has 0 spiro atoms. The normalized spacial score (nSPS) is 9.93. The van der Waals surface area contributed by atoms with Gasteiger partial charge in [-0.15, -0.1) is 0 Å². The van der Waals surface area contributed by atoms with Gasteiger partial charge in [-0.25, -0.2) is 0 Å². The van der Waals surface area contributed by atoms with Gasteiger partial charge in [0, 0.05) is 11.9 Å². The van der Waals surface area contributed by atoms with E-state index in [2.05, 4.69) is 10.3 Å². The molecule has 0 fully saturated rings. The highest BCUT2D eigenvalue weighted by Crippen LogP contribution is 2.18. The highest BCUT2D eigenvalue weighted by molar-refractivity contribution is 5.61. The predicted molar refractivity (Wildman–Crippen MR) is 59.9 cm³/mol. The summed E-state index contributed by atoms with van der Waals surface area (Å²) >= 11 is 0. The Morgan fingerprint density at radius 1 is 1.07 bits per heavy atom. The Labute approximate surface area is 88.4 Å². The highest BCUT2D eigenvalue weighted by Gasteiger charge is 2.01. The fraction of sp³-hybridized carbons (Fsp3) is 0.0833. The van der Waals surface area contributed by atoms with Gasteiger partial charge in [0.15, 0.2) is 0 Å². The largest absolute Gasteiger partial charge is 0.390 e. The second-order valence-corrected chi connectivity index (χ2v) is 3.15. The van der Waals surface area contributed by atoms with Gasteiger partial charge in [-0.3, -0.25) is 4.98 Å². The Hall–Kier alpha value is -1.87. The average molecular weight is 200 g/mol. The molecule has 1 heterocycles. The van der Waals surface area contributed by atoms with Crippen LogP contribution < -0.4 is 5.32 Å². The van der Waals surface area contributed by atoms with Crippen molar-refractivity contribution < 1.29 is 5.11 Å². The number of benzene rings is 1. The van der Waals surface area contributed by atoms with Crippen molar-refractivity contribution >= 4 is 11.4 Å². The van der Waals surface area contributed by atoms with Crippen LogP contribution >= 0.6 is 0 Å². The Bertz CT molecular complexity index is 429. The Morgan fingerprint density at radius 3 is 2.60 bits per heavy atom. The van der Waals surface area contributed by atoms with Crippen LogP contribution in [-0.2, 0) is 6.61 Å². The lowest BCUT2D eigenvalue weighted by molar-refractivity contribution is 0.277. The first-order valence-electron chi connectivity index (χ1n) is 4.77. The van der Waals surface area contributed by atoms with E-state index in [4.69, 9.17) is 5.11 Å². The number of aliphatic hydroxyl groups excluding tert-OH is 1. The summed E-state index contributed by atoms with van der Waals surface area (Å²) in [6.07, 6.45) is 1.67. The zero-order valence-corrected chi connectivity index (χ0v) is 8.22. The van der Waals surface area contributed by atoms with Crippen molar-refractivity contribution in [3.63, 3.8) is 0 Å². The molecule has 76 valence electrons. The minimum atomic E-state index is -0.0595. The van der Waals surface area contributed by atoms with Crippen LogP contribution in [0.5, 0.6) is 0 Å². The molecule has 1 aromatic heterocycles. The van der Waals surface area contributed by atoms with Crippen LogP contribution in [0.3, 0.4) is 0 Å². The molecule has 0 unspecified atom stereocenters. The van der Waals surface area contributed by atoms with Crippen LogP contribution in [0.15, 0.2) is 48.7 Å². The molecule has 0 saturated carbocycles. The molecule has 0 aliphatic carbocycles. The van der Waals surface area contributed by atoms with Gasteiger partial charge in [0.2, 0.25) is 0 Å². The second kappa shape index (κ2) is 4.57. The Morgan fingerprint density at radius 2 is 1.87 bits per heavy atom. The number of nitrogens with one attached hydrogen (secondary N) is 1. The molecule has 15 heavy (non-hydrogen) atoms. The summed E-state index contributed by atoms with van der Waals surface area (Å²) < 4.78 is 0. The van der Waals surface area contributed by atoms with Gasteiger partial charge in [-0.05, 0) is 24.3 Å². The van der Waals surface area contributed by atoms with Crippen molar-refractivity contribution in [3.05, 3.63) is 54.4 Å². The number of anilines is 2. The van der Waals surface area contributed by atoms with Crippen molar-refractivity contribution in [1.82, 2.24) is 4.98 Å². The molecule has 0 atom stereocenters. The van der Waals surface area contributed by atoms with Crippen LogP contribution in [0.1, 0.15) is 5.69 Å². The number of para-hydroxylation sites is 1. The first-order chi connectivity index (χ1) is 7.40. The zero-order chi connectivity index (χ0) is 10.5. The minimum Gasteiger partial charge on any atom is -0.390 e. The lowest BCUT2D eigenvalue weighted by Crippen LogP contribution is -1.97. The third kappa shape index (κ3) is 2.33. The van der Waals surface area contributed by atoms with Crippen LogP contribution in [0.2, 0.25) is 0 Å². The Kier molecular flexibility index (Phi) is 2.95. The number of aliphatic hydroxyl groups is 1. The van der Waals surface area contributed by atoms with E-state index in [0.717, 1.165) is 11.4 Å². The van der Waals surface area contributed by atoms with E-state index in [1.54, 1.807) is 6.20 Å². The van der Waals surface area contributed by atoms with Crippen molar-refractivity contribution in [2.24, 2.45) is 0 Å². The van der Waals surface area contributed by atoms with Crippen LogP contribution in [0.25, 0.3) is 0 Å². The third-order valence-corrected chi connectivity index (χ3v) is 2.09. The summed E-state index contributed by atoms with van der Waals surface area (Å²) in [6.45, 7) is -0.0595. The quantitative estimate of drug-likeness (QED) is 0.799. The summed E-state index contributed by atoms with van der Waals surface area (Å²) in [4.78, 5) is 4.08. The molecule has 1 aromatic carbocycles. The van der Waals surface area contributed by atoms with Gasteiger partial charge in [0.1, 0.15) is 0 Å². The fourth-order valence-electron chi connectivity index (χ4n) is 1.35. The maximum Gasteiger partial charge on any atom is 0.0892 e. The number of nitrogens with zero attached hydrogens (tertiary/aromatic N) is 1. The van der Waals surface area contributed by atoms with Gasteiger partial charge < -0.3 is 10.4 Å². The summed E-state index contributed by atoms with van der Waals surface area (Å²) in [5.41, 5.74) is 2.48. The molecule has 2 rings (SSSR count). The molecule has 0 saturated heterocycles. The van der Waals surface area contributed by atoms with Crippen LogP contribution in [0, 0.1) is 0 Å². The van der Waals surface area contributed by atoms with Crippen molar-refractivity contribution in [2.75, 3.05) is 5.32 Å². The van der Waals surface area contributed by atoms with Gasteiger partial charge in [0.05, 0.1) is 18.0 Å². The van der Waals surface area contributed by atoms with Gasteiger partial charge in [0.25, 0.3) is 0 Å². The van der Waals surface area contributed by atoms with Gasteiger partial charge in [-0.1, -0.05) is 18.2 Å². The lowest BCUT2D eigenvalue weighted by atomic mass is 10.2. The molecule has 0 aliphatic heterocycles. The summed E-state index contributed by atoms with van der Waals surface area (Å²) in [5, 5.41) is 12.3. The average Bonchev–Trinajstić information content (AvgIpc) is 2.31. The molecule has 0 amide bonds. The summed E-state index contributed by atoms with van der Waals surface area (Å²) in [6, 6.07) is 13.5. The number of aromatic nitrogens is 1. The molecule has 3 nitrogen and oxygen atoms in total. The monoisotopic (exact) mass is 200 g/mol. The molecule has 2 N–H and O–H groups in total. The molecular formula is C12H12N2O. The van der Waals surface area contributed by atoms with Crippen LogP contribution in [0.4, 0.5) is 11.4 Å². The highest BCUT2D eigenvalue weighted by atomic mass is 16.3. The molecule has 0 radical (unpaired) electrons. The summed E-state index contributed by atoms with van der Waals surface area (Å²) in [7, 11) is 0. The summed E-state index contributed by atoms with van der Waals surface area (Å²) in [5.74, 6) is 0. The second-order valence-electron chi connectivity index (χ2n) is 3.15. The molecule has 2 aromatic rings. The maximum atomic E-state index is 9.09. The van der Waals surface area contributed by atoms with Gasteiger partial charge >= 0.3 is 0 Å². The minimum absolute atomic E-state index is 0.0595. The lowest BCUT2D eigenvalue weighted by Gasteiger charge is -2.08. The van der Waals surface area contributed by atoms with E-state index in [1.165, 1.54) is 0 Å². The maximum absolute atomic E-state index is 9.09. The number of hydrogen-bond acceptors (Lipinski definition) is 3. The standard InChI is InChI=1S/C12H12N2O/c15-9-12-11(7-4-8-13-12)14-10-5-2-1-3-6-10/h1-8,14-15H,9H2. The number of pyridine rings is 1. The molecular weight excluding hydrogens is 188 g/mol. The number of rotatable bonds is 3. The number of hydrogen-bond donors (Lipinski definition) is 2. The SMILES string of the molecule is OCc1ncccc1Nc1ccccc1. The topological polar surface area (TPSA) is 45.2 Å².